The highest BCUT2D eigenvalue weighted by molar-refractivity contribution is 5.33. The predicted octanol–water partition coefficient (Wildman–Crippen LogP) is 3.82. The van der Waals surface area contributed by atoms with Gasteiger partial charge in [0.1, 0.15) is 17.3 Å². The van der Waals surface area contributed by atoms with Gasteiger partial charge in [-0.2, -0.15) is 0 Å². The Hall–Kier alpha value is -1.94. The lowest BCUT2D eigenvalue weighted by Crippen LogP contribution is -2.14. The van der Waals surface area contributed by atoms with Gasteiger partial charge in [0.05, 0.1) is 5.69 Å². The molecule has 3 nitrogen and oxygen atoms in total. The number of aromatic nitrogens is 1. The van der Waals surface area contributed by atoms with Crippen LogP contribution in [-0.4, -0.2) is 11.5 Å². The summed E-state index contributed by atoms with van der Waals surface area (Å²) in [5, 5.41) is 3.28. The number of hydrogen-bond donors (Lipinski definition) is 1. The number of hydrogen-bond acceptors (Lipinski definition) is 3. The lowest BCUT2D eigenvalue weighted by molar-refractivity contribution is 0.474. The van der Waals surface area contributed by atoms with E-state index in [2.05, 4.69) is 17.2 Å². The van der Waals surface area contributed by atoms with Crippen LogP contribution in [0.1, 0.15) is 24.6 Å². The van der Waals surface area contributed by atoms with Crippen molar-refractivity contribution in [1.82, 2.24) is 10.3 Å². The third kappa shape index (κ3) is 4.03. The summed E-state index contributed by atoms with van der Waals surface area (Å²) >= 11 is 0. The number of benzene rings is 1. The van der Waals surface area contributed by atoms with E-state index in [0.717, 1.165) is 18.7 Å². The van der Waals surface area contributed by atoms with Crippen LogP contribution in [0.25, 0.3) is 0 Å². The van der Waals surface area contributed by atoms with Crippen LogP contribution in [0.5, 0.6) is 11.5 Å². The van der Waals surface area contributed by atoms with Crippen molar-refractivity contribution in [1.29, 1.82) is 0 Å². The fourth-order valence-electron chi connectivity index (χ4n) is 1.78. The van der Waals surface area contributed by atoms with E-state index in [1.54, 1.807) is 31.3 Å². The highest BCUT2D eigenvalue weighted by Crippen LogP contribution is 2.23. The molecule has 1 N–H and O–H groups in total. The zero-order valence-corrected chi connectivity index (χ0v) is 11.8. The maximum Gasteiger partial charge on any atom is 0.130 e. The number of nitrogens with zero attached hydrogens (tertiary/aromatic N) is 1. The molecule has 4 heteroatoms. The molecule has 1 heterocycles. The van der Waals surface area contributed by atoms with Gasteiger partial charge in [-0.3, -0.25) is 4.98 Å². The van der Waals surface area contributed by atoms with Crippen LogP contribution in [0.3, 0.4) is 0 Å². The molecule has 0 spiro atoms. The summed E-state index contributed by atoms with van der Waals surface area (Å²) in [6.07, 6.45) is 2.78. The minimum absolute atomic E-state index is 0.263. The van der Waals surface area contributed by atoms with Crippen molar-refractivity contribution in [3.63, 3.8) is 0 Å². The highest BCUT2D eigenvalue weighted by atomic mass is 19.1. The van der Waals surface area contributed by atoms with E-state index >= 15 is 0 Å². The Bertz CT molecular complexity index is 572. The normalized spacial score (nSPS) is 10.6. The van der Waals surface area contributed by atoms with Crippen LogP contribution in [0.4, 0.5) is 4.39 Å². The van der Waals surface area contributed by atoms with E-state index in [0.29, 0.717) is 23.6 Å². The van der Waals surface area contributed by atoms with E-state index in [-0.39, 0.29) is 5.82 Å². The minimum atomic E-state index is -0.263. The number of nitrogens with one attached hydrogen (secondary N) is 1. The van der Waals surface area contributed by atoms with Gasteiger partial charge in [-0.05, 0) is 37.6 Å². The SMILES string of the molecule is CCCNCc1cc(Oc2ccc(C)c(F)c2)ccn1. The predicted molar refractivity (Wildman–Crippen MR) is 77.4 cm³/mol. The number of halogens is 1. The zero-order valence-electron chi connectivity index (χ0n) is 11.8. The third-order valence-corrected chi connectivity index (χ3v) is 2.90. The molecule has 2 aromatic rings. The maximum atomic E-state index is 13.5. The molecule has 0 aliphatic carbocycles. The van der Waals surface area contributed by atoms with Crippen molar-refractivity contribution < 1.29 is 9.13 Å². The summed E-state index contributed by atoms with van der Waals surface area (Å²) in [4.78, 5) is 4.27. The van der Waals surface area contributed by atoms with Crippen LogP contribution in [0, 0.1) is 12.7 Å². The van der Waals surface area contributed by atoms with Crippen molar-refractivity contribution in [3.8, 4) is 11.5 Å². The van der Waals surface area contributed by atoms with Gasteiger partial charge in [0, 0.05) is 24.9 Å². The highest BCUT2D eigenvalue weighted by Gasteiger charge is 2.03. The van der Waals surface area contributed by atoms with E-state index in [4.69, 9.17) is 4.74 Å². The molecule has 1 aromatic heterocycles. The molecule has 0 unspecified atom stereocenters. The number of aryl methyl sites for hydroxylation is 1. The lowest BCUT2D eigenvalue weighted by Gasteiger charge is -2.08. The molecule has 0 saturated carbocycles. The van der Waals surface area contributed by atoms with Gasteiger partial charge < -0.3 is 10.1 Å². The molecule has 0 aliphatic rings. The van der Waals surface area contributed by atoms with Crippen LogP contribution in [0.15, 0.2) is 36.5 Å². The molecule has 0 saturated heterocycles. The van der Waals surface area contributed by atoms with Crippen LogP contribution >= 0.6 is 0 Å². The molecule has 106 valence electrons. The Labute approximate surface area is 118 Å². The molecule has 0 aliphatic heterocycles. The zero-order chi connectivity index (χ0) is 14.4. The van der Waals surface area contributed by atoms with Gasteiger partial charge in [-0.1, -0.05) is 13.0 Å². The Morgan fingerprint density at radius 3 is 2.75 bits per heavy atom. The monoisotopic (exact) mass is 274 g/mol. The molecular formula is C16H19FN2O. The van der Waals surface area contributed by atoms with E-state index in [9.17, 15) is 4.39 Å². The molecule has 0 atom stereocenters. The molecule has 0 bridgehead atoms. The molecule has 20 heavy (non-hydrogen) atoms. The number of ether oxygens (including phenoxy) is 1. The first-order valence-corrected chi connectivity index (χ1v) is 6.78. The van der Waals surface area contributed by atoms with E-state index in [1.807, 2.05) is 6.07 Å². The smallest absolute Gasteiger partial charge is 0.130 e. The minimum Gasteiger partial charge on any atom is -0.457 e. The largest absolute Gasteiger partial charge is 0.457 e. The summed E-state index contributed by atoms with van der Waals surface area (Å²) in [6.45, 7) is 5.50. The standard InChI is InChI=1S/C16H19FN2O/c1-3-7-18-11-13-9-15(6-8-19-13)20-14-5-4-12(2)16(17)10-14/h4-6,8-10,18H,3,7,11H2,1-2H3. The third-order valence-electron chi connectivity index (χ3n) is 2.90. The summed E-state index contributed by atoms with van der Waals surface area (Å²) < 4.78 is 19.1. The van der Waals surface area contributed by atoms with Crippen molar-refractivity contribution in [2.45, 2.75) is 26.8 Å². The van der Waals surface area contributed by atoms with Crippen molar-refractivity contribution >= 4 is 0 Å². The first-order valence-electron chi connectivity index (χ1n) is 6.78. The maximum absolute atomic E-state index is 13.5. The van der Waals surface area contributed by atoms with Gasteiger partial charge >= 0.3 is 0 Å². The molecule has 1 aromatic carbocycles. The first-order chi connectivity index (χ1) is 9.69. The summed E-state index contributed by atoms with van der Waals surface area (Å²) in [7, 11) is 0. The topological polar surface area (TPSA) is 34.1 Å². The van der Waals surface area contributed by atoms with Crippen molar-refractivity contribution in [3.05, 3.63) is 53.6 Å². The van der Waals surface area contributed by atoms with Crippen LogP contribution in [0.2, 0.25) is 0 Å². The van der Waals surface area contributed by atoms with Gasteiger partial charge in [0.25, 0.3) is 0 Å². The second-order valence-electron chi connectivity index (χ2n) is 4.67. The fourth-order valence-corrected chi connectivity index (χ4v) is 1.78. The van der Waals surface area contributed by atoms with Crippen LogP contribution in [-0.2, 0) is 6.54 Å². The van der Waals surface area contributed by atoms with Gasteiger partial charge in [0.15, 0.2) is 0 Å². The summed E-state index contributed by atoms with van der Waals surface area (Å²) in [6, 6.07) is 8.48. The number of pyridine rings is 1. The molecule has 0 radical (unpaired) electrons. The Morgan fingerprint density at radius 2 is 2.00 bits per heavy atom. The summed E-state index contributed by atoms with van der Waals surface area (Å²) in [5.74, 6) is 0.893. The average Bonchev–Trinajstić information content (AvgIpc) is 2.44. The Kier molecular flexibility index (Phi) is 5.07. The summed E-state index contributed by atoms with van der Waals surface area (Å²) in [5.41, 5.74) is 1.51. The van der Waals surface area contributed by atoms with Gasteiger partial charge in [0.2, 0.25) is 0 Å². The fraction of sp³-hybridized carbons (Fsp3) is 0.312. The van der Waals surface area contributed by atoms with Gasteiger partial charge in [-0.15, -0.1) is 0 Å². The molecule has 2 rings (SSSR count). The first kappa shape index (κ1) is 14.5. The van der Waals surface area contributed by atoms with Crippen molar-refractivity contribution in [2.75, 3.05) is 6.54 Å². The lowest BCUT2D eigenvalue weighted by atomic mass is 10.2. The van der Waals surface area contributed by atoms with Crippen molar-refractivity contribution in [2.24, 2.45) is 0 Å². The second-order valence-corrected chi connectivity index (χ2v) is 4.67. The number of rotatable bonds is 6. The van der Waals surface area contributed by atoms with E-state index in [1.165, 1.54) is 6.07 Å². The molecule has 0 amide bonds. The Morgan fingerprint density at radius 1 is 1.20 bits per heavy atom. The quantitative estimate of drug-likeness (QED) is 0.813. The van der Waals surface area contributed by atoms with E-state index < -0.39 is 0 Å². The second kappa shape index (κ2) is 7.01. The van der Waals surface area contributed by atoms with Gasteiger partial charge in [-0.25, -0.2) is 4.39 Å². The average molecular weight is 274 g/mol. The van der Waals surface area contributed by atoms with Crippen LogP contribution < -0.4 is 10.1 Å². The molecule has 0 fully saturated rings. The molecular weight excluding hydrogens is 255 g/mol. The Balaban J connectivity index is 2.05.